The monoisotopic (exact) mass is 654 g/mol. The molecule has 0 fully saturated rings. The van der Waals surface area contributed by atoms with Gasteiger partial charge in [0.25, 0.3) is 0 Å². The van der Waals surface area contributed by atoms with Crippen molar-refractivity contribution in [3.05, 3.63) is 206 Å². The van der Waals surface area contributed by atoms with Crippen molar-refractivity contribution in [3.63, 3.8) is 0 Å². The van der Waals surface area contributed by atoms with Crippen molar-refractivity contribution in [1.82, 2.24) is 9.97 Å². The molecule has 0 radical (unpaired) electrons. The minimum atomic E-state index is -0.529. The molecule has 244 valence electrons. The molecule has 6 aromatic carbocycles. The van der Waals surface area contributed by atoms with Crippen LogP contribution in [0, 0.1) is 0 Å². The molecule has 2 heteroatoms. The fraction of sp³-hybridized carbons (Fsp3) is 0.0612. The van der Waals surface area contributed by atoms with Crippen molar-refractivity contribution in [2.45, 2.75) is 19.3 Å². The summed E-state index contributed by atoms with van der Waals surface area (Å²) in [5.74, 6) is 0. The molecular formula is C49H38N2. The van der Waals surface area contributed by atoms with Gasteiger partial charge in [-0.3, -0.25) is 9.97 Å². The van der Waals surface area contributed by atoms with E-state index in [-0.39, 0.29) is 0 Å². The maximum absolute atomic E-state index is 5.49. The fourth-order valence-corrected chi connectivity index (χ4v) is 6.94. The Labute approximate surface area is 300 Å². The van der Waals surface area contributed by atoms with Gasteiger partial charge in [0.15, 0.2) is 0 Å². The maximum Gasteiger partial charge on any atom is 0.0706 e. The molecule has 2 nitrogen and oxygen atoms in total. The molecule has 0 spiro atoms. The van der Waals surface area contributed by atoms with E-state index in [1.807, 2.05) is 12.1 Å². The fourth-order valence-electron chi connectivity index (χ4n) is 6.94. The number of benzene rings is 6. The number of rotatable bonds is 8. The first kappa shape index (κ1) is 31.9. The Kier molecular flexibility index (Phi) is 8.66. The van der Waals surface area contributed by atoms with Crippen molar-refractivity contribution in [2.75, 3.05) is 0 Å². The summed E-state index contributed by atoms with van der Waals surface area (Å²) in [7, 11) is 0. The second-order valence-electron chi connectivity index (χ2n) is 13.4. The third-order valence-electron chi connectivity index (χ3n) is 9.69. The Balaban J connectivity index is 1.33. The van der Waals surface area contributed by atoms with Crippen LogP contribution in [-0.4, -0.2) is 9.97 Å². The molecule has 0 aliphatic rings. The van der Waals surface area contributed by atoms with Crippen LogP contribution >= 0.6 is 0 Å². The van der Waals surface area contributed by atoms with E-state index in [9.17, 15) is 0 Å². The van der Waals surface area contributed by atoms with E-state index < -0.39 is 5.41 Å². The van der Waals surface area contributed by atoms with Gasteiger partial charge < -0.3 is 0 Å². The highest BCUT2D eigenvalue weighted by atomic mass is 14.8. The lowest BCUT2D eigenvalue weighted by atomic mass is 9.79. The maximum atomic E-state index is 5.49. The molecule has 0 saturated carbocycles. The minimum absolute atomic E-state index is 0.529. The third kappa shape index (κ3) is 6.52. The summed E-state index contributed by atoms with van der Waals surface area (Å²) in [6.45, 7) is 4.49. The van der Waals surface area contributed by atoms with Crippen LogP contribution in [0.3, 0.4) is 0 Å². The van der Waals surface area contributed by atoms with Gasteiger partial charge in [-0.25, -0.2) is 0 Å². The van der Waals surface area contributed by atoms with E-state index in [4.69, 9.17) is 9.97 Å². The lowest BCUT2D eigenvalue weighted by molar-refractivity contribution is 0.599. The second-order valence-corrected chi connectivity index (χ2v) is 13.4. The van der Waals surface area contributed by atoms with Crippen LogP contribution < -0.4 is 0 Å². The molecule has 0 aliphatic carbocycles. The van der Waals surface area contributed by atoms with Gasteiger partial charge in [-0.05, 0) is 89.2 Å². The van der Waals surface area contributed by atoms with Crippen LogP contribution in [0.1, 0.15) is 25.2 Å². The van der Waals surface area contributed by atoms with Crippen molar-refractivity contribution >= 4 is 0 Å². The van der Waals surface area contributed by atoms with E-state index in [0.717, 1.165) is 56.2 Å². The van der Waals surface area contributed by atoms with Crippen LogP contribution in [0.25, 0.3) is 67.0 Å². The van der Waals surface area contributed by atoms with Crippen molar-refractivity contribution in [3.8, 4) is 67.0 Å². The summed E-state index contributed by atoms with van der Waals surface area (Å²) in [6.07, 6.45) is 0. The van der Waals surface area contributed by atoms with E-state index in [2.05, 4.69) is 196 Å². The minimum Gasteiger partial charge on any atom is -0.252 e. The summed E-state index contributed by atoms with van der Waals surface area (Å²) >= 11 is 0. The lowest BCUT2D eigenvalue weighted by Gasteiger charge is -2.28. The van der Waals surface area contributed by atoms with E-state index >= 15 is 0 Å². The molecule has 51 heavy (non-hydrogen) atoms. The molecular weight excluding hydrogens is 617 g/mol. The molecule has 0 N–H and O–H groups in total. The van der Waals surface area contributed by atoms with Crippen LogP contribution in [0.15, 0.2) is 194 Å². The molecule has 8 rings (SSSR count). The van der Waals surface area contributed by atoms with Gasteiger partial charge in [-0.1, -0.05) is 158 Å². The first-order valence-corrected chi connectivity index (χ1v) is 17.5. The van der Waals surface area contributed by atoms with Crippen LogP contribution in [0.5, 0.6) is 0 Å². The Hall–Kier alpha value is -6.38. The first-order chi connectivity index (χ1) is 25.0. The molecule has 0 unspecified atom stereocenters. The summed E-state index contributed by atoms with van der Waals surface area (Å²) < 4.78 is 0. The summed E-state index contributed by atoms with van der Waals surface area (Å²) in [5.41, 5.74) is 14.8. The zero-order chi connectivity index (χ0) is 34.6. The summed E-state index contributed by atoms with van der Waals surface area (Å²) in [5, 5.41) is 0. The van der Waals surface area contributed by atoms with Gasteiger partial charge in [0.05, 0.1) is 22.8 Å². The first-order valence-electron chi connectivity index (χ1n) is 17.5. The number of hydrogen-bond acceptors (Lipinski definition) is 2. The highest BCUT2D eigenvalue weighted by Crippen LogP contribution is 2.43. The van der Waals surface area contributed by atoms with E-state index in [1.54, 1.807) is 0 Å². The third-order valence-corrected chi connectivity index (χ3v) is 9.69. The van der Waals surface area contributed by atoms with Gasteiger partial charge in [-0.15, -0.1) is 0 Å². The van der Waals surface area contributed by atoms with E-state index in [1.165, 1.54) is 22.3 Å². The van der Waals surface area contributed by atoms with Crippen LogP contribution in [-0.2, 0) is 5.41 Å². The molecule has 2 heterocycles. The van der Waals surface area contributed by atoms with Gasteiger partial charge in [-0.2, -0.15) is 0 Å². The van der Waals surface area contributed by atoms with Crippen molar-refractivity contribution < 1.29 is 0 Å². The highest BCUT2D eigenvalue weighted by Gasteiger charge is 2.31. The highest BCUT2D eigenvalue weighted by molar-refractivity contribution is 5.89. The normalized spacial score (nSPS) is 11.3. The van der Waals surface area contributed by atoms with Crippen molar-refractivity contribution in [2.24, 2.45) is 0 Å². The zero-order valence-corrected chi connectivity index (χ0v) is 28.9. The molecule has 0 amide bonds. The summed E-state index contributed by atoms with van der Waals surface area (Å²) in [6, 6.07) is 68.6. The zero-order valence-electron chi connectivity index (χ0n) is 28.9. The van der Waals surface area contributed by atoms with Gasteiger partial charge in [0.2, 0.25) is 0 Å². The van der Waals surface area contributed by atoms with Crippen molar-refractivity contribution in [1.29, 1.82) is 0 Å². The molecule has 0 atom stereocenters. The van der Waals surface area contributed by atoms with Crippen LogP contribution in [0.4, 0.5) is 0 Å². The number of hydrogen-bond donors (Lipinski definition) is 0. The molecule has 0 bridgehead atoms. The Morgan fingerprint density at radius 3 is 1.31 bits per heavy atom. The lowest BCUT2D eigenvalue weighted by Crippen LogP contribution is -2.24. The standard InChI is InChI=1S/C49H38N2/c1-49(2,47-29-17-28-45(50-47)37-22-11-5-12-23-37)48-44(30-31-46(51-48)38-24-13-6-14-25-38)43-27-16-15-26-42(43)41-33-39(35-18-7-3-8-19-35)32-40(34-41)36-20-9-4-10-21-36/h3-34H,1-2H3. The Bertz CT molecular complexity index is 2360. The largest absolute Gasteiger partial charge is 0.252 e. The number of pyridine rings is 2. The summed E-state index contributed by atoms with van der Waals surface area (Å²) in [4.78, 5) is 10.8. The average molecular weight is 655 g/mol. The average Bonchev–Trinajstić information content (AvgIpc) is 3.22. The van der Waals surface area contributed by atoms with Gasteiger partial charge >= 0.3 is 0 Å². The second kappa shape index (κ2) is 13.9. The van der Waals surface area contributed by atoms with Gasteiger partial charge in [0, 0.05) is 22.1 Å². The van der Waals surface area contributed by atoms with Gasteiger partial charge in [0.1, 0.15) is 0 Å². The SMILES string of the molecule is CC(C)(c1cccc(-c2ccccc2)n1)c1nc(-c2ccccc2)ccc1-c1ccccc1-c1cc(-c2ccccc2)cc(-c2ccccc2)c1. The Morgan fingerprint density at radius 2 is 0.765 bits per heavy atom. The predicted octanol–water partition coefficient (Wildman–Crippen LogP) is 12.8. The smallest absolute Gasteiger partial charge is 0.0706 e. The molecule has 2 aromatic heterocycles. The number of aromatic nitrogens is 2. The quantitative estimate of drug-likeness (QED) is 0.163. The Morgan fingerprint density at radius 1 is 0.314 bits per heavy atom. The number of nitrogens with zero attached hydrogens (tertiary/aromatic N) is 2. The molecule has 8 aromatic rings. The molecule has 0 saturated heterocycles. The topological polar surface area (TPSA) is 25.8 Å². The van der Waals surface area contributed by atoms with Crippen LogP contribution in [0.2, 0.25) is 0 Å². The predicted molar refractivity (Wildman–Crippen MR) is 213 cm³/mol. The van der Waals surface area contributed by atoms with E-state index in [0.29, 0.717) is 0 Å². The molecule has 0 aliphatic heterocycles.